The molecule has 0 aliphatic carbocycles. The number of ether oxygens (including phenoxy) is 1. The van der Waals surface area contributed by atoms with Crippen LogP contribution >= 0.6 is 11.6 Å². The van der Waals surface area contributed by atoms with Gasteiger partial charge in [0, 0.05) is 44.1 Å². The van der Waals surface area contributed by atoms with Crippen LogP contribution in [-0.2, 0) is 9.53 Å². The number of carbonyl (C=O) groups is 2. The summed E-state index contributed by atoms with van der Waals surface area (Å²) in [6.07, 6.45) is 0.408. The van der Waals surface area contributed by atoms with E-state index in [2.05, 4.69) is 5.32 Å². The molecule has 7 heteroatoms. The Labute approximate surface area is 134 Å². The lowest BCUT2D eigenvalue weighted by molar-refractivity contribution is -0.128. The van der Waals surface area contributed by atoms with Gasteiger partial charge >= 0.3 is 0 Å². The summed E-state index contributed by atoms with van der Waals surface area (Å²) in [6, 6.07) is 4.30. The fourth-order valence-electron chi connectivity index (χ4n) is 2.43. The first-order valence-corrected chi connectivity index (χ1v) is 7.42. The van der Waals surface area contributed by atoms with Crippen LogP contribution in [0.25, 0.3) is 0 Å². The molecule has 0 saturated carbocycles. The Hall–Kier alpha value is -1.79. The van der Waals surface area contributed by atoms with E-state index in [1.807, 2.05) is 0 Å². The Bertz CT molecular complexity index is 564. The van der Waals surface area contributed by atoms with Crippen LogP contribution in [0.2, 0.25) is 5.02 Å². The second kappa shape index (κ2) is 7.47. The first kappa shape index (κ1) is 16.6. The Morgan fingerprint density at radius 1 is 1.55 bits per heavy atom. The Morgan fingerprint density at radius 2 is 2.32 bits per heavy atom. The van der Waals surface area contributed by atoms with Gasteiger partial charge in [-0.25, -0.2) is 0 Å². The van der Waals surface area contributed by atoms with Crippen molar-refractivity contribution in [2.75, 3.05) is 33.4 Å². The zero-order chi connectivity index (χ0) is 16.1. The van der Waals surface area contributed by atoms with Gasteiger partial charge in [-0.1, -0.05) is 11.6 Å². The summed E-state index contributed by atoms with van der Waals surface area (Å²) in [4.78, 5) is 25.6. The van der Waals surface area contributed by atoms with Crippen molar-refractivity contribution >= 4 is 23.4 Å². The number of hydrogen-bond donors (Lipinski definition) is 2. The summed E-state index contributed by atoms with van der Waals surface area (Å²) >= 11 is 5.82. The Morgan fingerprint density at radius 3 is 3.05 bits per heavy atom. The molecule has 0 aromatic heterocycles. The number of rotatable bonds is 6. The lowest BCUT2D eigenvalue weighted by atomic mass is 10.1. The molecule has 1 heterocycles. The zero-order valence-corrected chi connectivity index (χ0v) is 13.1. The van der Waals surface area contributed by atoms with Crippen LogP contribution in [0.5, 0.6) is 5.75 Å². The highest BCUT2D eigenvalue weighted by Crippen LogP contribution is 2.22. The summed E-state index contributed by atoms with van der Waals surface area (Å²) in [5, 5.41) is 12.8. The Balaban J connectivity index is 1.87. The fourth-order valence-corrected chi connectivity index (χ4v) is 2.60. The van der Waals surface area contributed by atoms with E-state index in [1.54, 1.807) is 12.0 Å². The largest absolute Gasteiger partial charge is 0.507 e. The topological polar surface area (TPSA) is 78.9 Å². The molecule has 120 valence electrons. The molecule has 1 fully saturated rings. The molecule has 1 atom stereocenters. The second-order valence-electron chi connectivity index (χ2n) is 5.27. The second-order valence-corrected chi connectivity index (χ2v) is 5.71. The van der Waals surface area contributed by atoms with Gasteiger partial charge in [-0.15, -0.1) is 0 Å². The van der Waals surface area contributed by atoms with Crippen LogP contribution < -0.4 is 5.32 Å². The number of hydrogen-bond acceptors (Lipinski definition) is 4. The third kappa shape index (κ3) is 4.11. The first-order chi connectivity index (χ1) is 10.5. The number of amides is 2. The van der Waals surface area contributed by atoms with E-state index < -0.39 is 5.91 Å². The van der Waals surface area contributed by atoms with E-state index in [-0.39, 0.29) is 23.1 Å². The van der Waals surface area contributed by atoms with Gasteiger partial charge in [-0.3, -0.25) is 9.59 Å². The minimum absolute atomic E-state index is 0.0645. The molecule has 1 unspecified atom stereocenters. The van der Waals surface area contributed by atoms with Crippen LogP contribution in [0.1, 0.15) is 16.8 Å². The normalized spacial score (nSPS) is 17.8. The fraction of sp³-hybridized carbons (Fsp3) is 0.467. The molecule has 1 aromatic carbocycles. The SMILES string of the molecule is COCCN1CC(CNC(=O)c2cc(Cl)ccc2O)CC1=O. The lowest BCUT2D eigenvalue weighted by Gasteiger charge is -2.16. The van der Waals surface area contributed by atoms with Gasteiger partial charge in [-0.05, 0) is 18.2 Å². The van der Waals surface area contributed by atoms with Crippen molar-refractivity contribution in [1.82, 2.24) is 10.2 Å². The number of likely N-dealkylation sites (tertiary alicyclic amines) is 1. The third-order valence-electron chi connectivity index (χ3n) is 3.61. The molecule has 1 saturated heterocycles. The molecule has 0 radical (unpaired) electrons. The summed E-state index contributed by atoms with van der Waals surface area (Å²) in [5.74, 6) is -0.384. The van der Waals surface area contributed by atoms with Gasteiger partial charge < -0.3 is 20.1 Å². The standard InChI is InChI=1S/C15H19ClN2O4/c1-22-5-4-18-9-10(6-14(18)20)8-17-15(21)12-7-11(16)2-3-13(12)19/h2-3,7,10,19H,4-6,8-9H2,1H3,(H,17,21). The number of benzene rings is 1. The molecule has 0 spiro atoms. The molecular weight excluding hydrogens is 308 g/mol. The highest BCUT2D eigenvalue weighted by molar-refractivity contribution is 6.31. The molecule has 0 bridgehead atoms. The summed E-state index contributed by atoms with van der Waals surface area (Å²) < 4.78 is 4.96. The van der Waals surface area contributed by atoms with Crippen molar-refractivity contribution in [3.8, 4) is 5.75 Å². The number of aromatic hydroxyl groups is 1. The van der Waals surface area contributed by atoms with E-state index >= 15 is 0 Å². The molecule has 22 heavy (non-hydrogen) atoms. The summed E-state index contributed by atoms with van der Waals surface area (Å²) in [7, 11) is 1.59. The molecule has 1 aliphatic rings. The first-order valence-electron chi connectivity index (χ1n) is 7.04. The van der Waals surface area contributed by atoms with Crippen molar-refractivity contribution < 1.29 is 19.4 Å². The predicted octanol–water partition coefficient (Wildman–Crippen LogP) is 1.27. The molecule has 6 nitrogen and oxygen atoms in total. The Kier molecular flexibility index (Phi) is 5.63. The number of halogens is 1. The van der Waals surface area contributed by atoms with E-state index in [4.69, 9.17) is 16.3 Å². The number of methoxy groups -OCH3 is 1. The van der Waals surface area contributed by atoms with Gasteiger partial charge in [0.05, 0.1) is 12.2 Å². The molecule has 2 amide bonds. The van der Waals surface area contributed by atoms with E-state index in [1.165, 1.54) is 18.2 Å². The highest BCUT2D eigenvalue weighted by atomic mass is 35.5. The van der Waals surface area contributed by atoms with Gasteiger partial charge in [0.2, 0.25) is 5.91 Å². The van der Waals surface area contributed by atoms with Crippen LogP contribution in [0, 0.1) is 5.92 Å². The quantitative estimate of drug-likeness (QED) is 0.825. The average Bonchev–Trinajstić information content (AvgIpc) is 2.85. The average molecular weight is 327 g/mol. The van der Waals surface area contributed by atoms with E-state index in [0.29, 0.717) is 37.7 Å². The van der Waals surface area contributed by atoms with Crippen LogP contribution in [0.4, 0.5) is 0 Å². The van der Waals surface area contributed by atoms with Crippen molar-refractivity contribution in [1.29, 1.82) is 0 Å². The highest BCUT2D eigenvalue weighted by Gasteiger charge is 2.29. The van der Waals surface area contributed by atoms with Gasteiger partial charge in [0.25, 0.3) is 5.91 Å². The van der Waals surface area contributed by atoms with Crippen LogP contribution in [0.15, 0.2) is 18.2 Å². The third-order valence-corrected chi connectivity index (χ3v) is 3.85. The van der Waals surface area contributed by atoms with Gasteiger partial charge in [0.15, 0.2) is 0 Å². The smallest absolute Gasteiger partial charge is 0.255 e. The maximum absolute atomic E-state index is 12.1. The lowest BCUT2D eigenvalue weighted by Crippen LogP contribution is -2.32. The van der Waals surface area contributed by atoms with Crippen LogP contribution in [0.3, 0.4) is 0 Å². The molecule has 2 N–H and O–H groups in total. The zero-order valence-electron chi connectivity index (χ0n) is 12.3. The summed E-state index contributed by atoms with van der Waals surface area (Å²) in [5.41, 5.74) is 0.132. The number of carbonyl (C=O) groups excluding carboxylic acids is 2. The number of nitrogens with zero attached hydrogens (tertiary/aromatic N) is 1. The number of phenolic OH excluding ortho intramolecular Hbond substituents is 1. The maximum Gasteiger partial charge on any atom is 0.255 e. The van der Waals surface area contributed by atoms with Crippen molar-refractivity contribution in [2.24, 2.45) is 5.92 Å². The van der Waals surface area contributed by atoms with Gasteiger partial charge in [-0.2, -0.15) is 0 Å². The van der Waals surface area contributed by atoms with E-state index in [0.717, 1.165) is 0 Å². The molecule has 1 aromatic rings. The minimum Gasteiger partial charge on any atom is -0.507 e. The van der Waals surface area contributed by atoms with Crippen molar-refractivity contribution in [2.45, 2.75) is 6.42 Å². The number of nitrogens with one attached hydrogen (secondary N) is 1. The molecule has 2 rings (SSSR count). The summed E-state index contributed by atoms with van der Waals surface area (Å²) in [6.45, 7) is 2.04. The van der Waals surface area contributed by atoms with Crippen molar-refractivity contribution in [3.05, 3.63) is 28.8 Å². The number of phenols is 1. The monoisotopic (exact) mass is 326 g/mol. The molecular formula is C15H19ClN2O4. The maximum atomic E-state index is 12.1. The van der Waals surface area contributed by atoms with Crippen molar-refractivity contribution in [3.63, 3.8) is 0 Å². The molecule has 1 aliphatic heterocycles. The van der Waals surface area contributed by atoms with E-state index in [9.17, 15) is 14.7 Å². The minimum atomic E-state index is -0.400. The predicted molar refractivity (Wildman–Crippen MR) is 82.0 cm³/mol. The van der Waals surface area contributed by atoms with Gasteiger partial charge in [0.1, 0.15) is 5.75 Å². The van der Waals surface area contributed by atoms with Crippen LogP contribution in [-0.4, -0.2) is 55.2 Å².